The van der Waals surface area contributed by atoms with Crippen molar-refractivity contribution in [2.75, 3.05) is 11.9 Å². The third-order valence-corrected chi connectivity index (χ3v) is 4.89. The number of carbonyl (C=O) groups excluding carboxylic acids is 1. The van der Waals surface area contributed by atoms with Gasteiger partial charge in [0.2, 0.25) is 5.91 Å². The summed E-state index contributed by atoms with van der Waals surface area (Å²) in [6.45, 7) is 1.01. The van der Waals surface area contributed by atoms with Crippen molar-refractivity contribution >= 4 is 34.8 Å². The van der Waals surface area contributed by atoms with Crippen LogP contribution in [0, 0.1) is 12.7 Å². The fourth-order valence-electron chi connectivity index (χ4n) is 3.02. The summed E-state index contributed by atoms with van der Waals surface area (Å²) >= 11 is 11.8. The molecule has 0 radical (unpaired) electrons. The van der Waals surface area contributed by atoms with Crippen LogP contribution in [-0.4, -0.2) is 27.2 Å². The van der Waals surface area contributed by atoms with Crippen molar-refractivity contribution in [3.63, 3.8) is 0 Å². The lowest BCUT2D eigenvalue weighted by Gasteiger charge is -2.16. The van der Waals surface area contributed by atoms with E-state index in [0.717, 1.165) is 6.07 Å². The zero-order valence-corrected chi connectivity index (χ0v) is 17.5. The number of nitrogens with zero attached hydrogens (tertiary/aromatic N) is 2. The van der Waals surface area contributed by atoms with Crippen molar-refractivity contribution in [1.29, 1.82) is 0 Å². The van der Waals surface area contributed by atoms with Gasteiger partial charge in [-0.3, -0.25) is 14.2 Å². The fourth-order valence-corrected chi connectivity index (χ4v) is 3.37. The first-order chi connectivity index (χ1) is 14.3. The van der Waals surface area contributed by atoms with Gasteiger partial charge in [0.15, 0.2) is 0 Å². The van der Waals surface area contributed by atoms with E-state index in [-0.39, 0.29) is 29.6 Å². The number of aryl methyl sites for hydroxylation is 1. The van der Waals surface area contributed by atoms with Gasteiger partial charge in [0, 0.05) is 39.9 Å². The lowest BCUT2D eigenvalue weighted by molar-refractivity contribution is -0.116. The lowest BCUT2D eigenvalue weighted by atomic mass is 10.1. The SMILES string of the molecule is Cc1nc(-c2cccc(Cl)c2)n(CC(=O)Nc2ccc(Cl)cc2F)c(=O)c1CCO. The molecule has 1 heterocycles. The normalized spacial score (nSPS) is 10.8. The van der Waals surface area contributed by atoms with Gasteiger partial charge in [-0.1, -0.05) is 35.3 Å². The molecule has 1 amide bonds. The second-order valence-corrected chi connectivity index (χ2v) is 7.42. The summed E-state index contributed by atoms with van der Waals surface area (Å²) < 4.78 is 15.2. The second-order valence-electron chi connectivity index (χ2n) is 6.55. The van der Waals surface area contributed by atoms with Crippen molar-refractivity contribution in [2.45, 2.75) is 19.9 Å². The fraction of sp³-hybridized carbons (Fsp3) is 0.190. The van der Waals surface area contributed by atoms with Crippen molar-refractivity contribution in [1.82, 2.24) is 9.55 Å². The van der Waals surface area contributed by atoms with Gasteiger partial charge in [-0.05, 0) is 37.3 Å². The maximum absolute atomic E-state index is 14.0. The number of amides is 1. The van der Waals surface area contributed by atoms with Crippen molar-refractivity contribution in [3.8, 4) is 11.4 Å². The number of halogens is 3. The Kier molecular flexibility index (Phi) is 6.87. The van der Waals surface area contributed by atoms with Crippen LogP contribution in [0.5, 0.6) is 0 Å². The molecule has 9 heteroatoms. The number of anilines is 1. The number of aliphatic hydroxyl groups excluding tert-OH is 1. The lowest BCUT2D eigenvalue weighted by Crippen LogP contribution is -2.33. The van der Waals surface area contributed by atoms with E-state index >= 15 is 0 Å². The Morgan fingerprint density at radius 3 is 2.60 bits per heavy atom. The molecule has 3 aromatic rings. The third-order valence-electron chi connectivity index (χ3n) is 4.42. The van der Waals surface area contributed by atoms with Gasteiger partial charge < -0.3 is 10.4 Å². The first-order valence-corrected chi connectivity index (χ1v) is 9.77. The monoisotopic (exact) mass is 449 g/mol. The molecule has 0 unspecified atom stereocenters. The average Bonchev–Trinajstić information content (AvgIpc) is 2.69. The summed E-state index contributed by atoms with van der Waals surface area (Å²) in [6.07, 6.45) is 0.0981. The Bertz CT molecular complexity index is 1160. The molecule has 0 aliphatic carbocycles. The minimum atomic E-state index is -0.693. The molecule has 3 rings (SSSR count). The number of hydrogen-bond donors (Lipinski definition) is 2. The Morgan fingerprint density at radius 1 is 1.20 bits per heavy atom. The summed E-state index contributed by atoms with van der Waals surface area (Å²) in [5.74, 6) is -1.07. The van der Waals surface area contributed by atoms with E-state index in [1.165, 1.54) is 16.7 Å². The summed E-state index contributed by atoms with van der Waals surface area (Å²) in [6, 6.07) is 10.6. The zero-order chi connectivity index (χ0) is 21.8. The molecule has 1 aromatic heterocycles. The largest absolute Gasteiger partial charge is 0.396 e. The number of nitrogens with one attached hydrogen (secondary N) is 1. The van der Waals surface area contributed by atoms with Gasteiger partial charge in [0.1, 0.15) is 18.2 Å². The van der Waals surface area contributed by atoms with E-state index in [2.05, 4.69) is 10.3 Å². The molecule has 6 nitrogen and oxygen atoms in total. The zero-order valence-electron chi connectivity index (χ0n) is 16.0. The number of benzene rings is 2. The van der Waals surface area contributed by atoms with Crippen LogP contribution in [0.3, 0.4) is 0 Å². The average molecular weight is 450 g/mol. The second kappa shape index (κ2) is 9.38. The first kappa shape index (κ1) is 22.0. The minimum Gasteiger partial charge on any atom is -0.396 e. The van der Waals surface area contributed by atoms with Gasteiger partial charge in [0.05, 0.1) is 5.69 Å². The van der Waals surface area contributed by atoms with Gasteiger partial charge >= 0.3 is 0 Å². The van der Waals surface area contributed by atoms with Crippen molar-refractivity contribution in [2.24, 2.45) is 0 Å². The van der Waals surface area contributed by atoms with E-state index in [0.29, 0.717) is 21.8 Å². The van der Waals surface area contributed by atoms with Crippen molar-refractivity contribution in [3.05, 3.63) is 79.9 Å². The Labute approximate surface area is 181 Å². The van der Waals surface area contributed by atoms with Crippen LogP contribution in [0.15, 0.2) is 47.3 Å². The number of aliphatic hydroxyl groups is 1. The topological polar surface area (TPSA) is 84.2 Å². The van der Waals surface area contributed by atoms with Crippen LogP contribution in [0.2, 0.25) is 10.0 Å². The number of hydrogen-bond acceptors (Lipinski definition) is 4. The molecule has 0 spiro atoms. The molecule has 0 bridgehead atoms. The van der Waals surface area contributed by atoms with E-state index in [4.69, 9.17) is 23.2 Å². The molecular formula is C21H18Cl2FN3O3. The van der Waals surface area contributed by atoms with Crippen LogP contribution in [-0.2, 0) is 17.8 Å². The quantitative estimate of drug-likeness (QED) is 0.598. The summed E-state index contributed by atoms with van der Waals surface area (Å²) in [7, 11) is 0. The van der Waals surface area contributed by atoms with E-state index in [9.17, 15) is 19.1 Å². The standard InChI is InChI=1S/C21H18Cl2FN3O3/c1-12-16(7-8-28)21(30)27(20(25-12)13-3-2-4-14(22)9-13)11-19(29)26-18-6-5-15(23)10-17(18)24/h2-6,9-10,28H,7-8,11H2,1H3,(H,26,29). The molecule has 0 fully saturated rings. The van der Waals surface area contributed by atoms with Gasteiger partial charge in [-0.15, -0.1) is 0 Å². The van der Waals surface area contributed by atoms with Crippen LogP contribution in [0.4, 0.5) is 10.1 Å². The highest BCUT2D eigenvalue weighted by Gasteiger charge is 2.18. The van der Waals surface area contributed by atoms with E-state index < -0.39 is 23.8 Å². The Morgan fingerprint density at radius 2 is 1.93 bits per heavy atom. The van der Waals surface area contributed by atoms with Crippen LogP contribution in [0.25, 0.3) is 11.4 Å². The molecule has 2 N–H and O–H groups in total. The van der Waals surface area contributed by atoms with E-state index in [1.807, 2.05) is 0 Å². The molecule has 30 heavy (non-hydrogen) atoms. The number of rotatable bonds is 6. The molecule has 156 valence electrons. The van der Waals surface area contributed by atoms with Gasteiger partial charge in [-0.25, -0.2) is 9.37 Å². The molecule has 0 saturated carbocycles. The molecule has 0 atom stereocenters. The minimum absolute atomic E-state index is 0.0580. The maximum Gasteiger partial charge on any atom is 0.257 e. The Balaban J connectivity index is 2.03. The van der Waals surface area contributed by atoms with Crippen LogP contribution < -0.4 is 10.9 Å². The highest BCUT2D eigenvalue weighted by molar-refractivity contribution is 6.31. The first-order valence-electron chi connectivity index (χ1n) is 9.02. The van der Waals surface area contributed by atoms with Crippen LogP contribution in [0.1, 0.15) is 11.3 Å². The smallest absolute Gasteiger partial charge is 0.257 e. The molecule has 0 aliphatic heterocycles. The van der Waals surface area contributed by atoms with Gasteiger partial charge in [0.25, 0.3) is 5.56 Å². The van der Waals surface area contributed by atoms with Gasteiger partial charge in [-0.2, -0.15) is 0 Å². The summed E-state index contributed by atoms with van der Waals surface area (Å²) in [4.78, 5) is 30.1. The maximum atomic E-state index is 14.0. The van der Waals surface area contributed by atoms with E-state index in [1.54, 1.807) is 31.2 Å². The molecule has 2 aromatic carbocycles. The predicted molar refractivity (Wildman–Crippen MR) is 115 cm³/mol. The summed E-state index contributed by atoms with van der Waals surface area (Å²) in [5.41, 5.74) is 0.776. The van der Waals surface area contributed by atoms with Crippen molar-refractivity contribution < 1.29 is 14.3 Å². The Hall–Kier alpha value is -2.74. The molecular weight excluding hydrogens is 432 g/mol. The highest BCUT2D eigenvalue weighted by atomic mass is 35.5. The van der Waals surface area contributed by atoms with Crippen LogP contribution >= 0.6 is 23.2 Å². The third kappa shape index (κ3) is 4.87. The molecule has 0 saturated heterocycles. The highest BCUT2D eigenvalue weighted by Crippen LogP contribution is 2.22. The summed E-state index contributed by atoms with van der Waals surface area (Å²) in [5, 5.41) is 12.4. The molecule has 0 aliphatic rings. The number of aromatic nitrogens is 2. The number of carbonyl (C=O) groups is 1. The predicted octanol–water partition coefficient (Wildman–Crippen LogP) is 3.84.